The molecule has 0 N–H and O–H groups in total. The second-order valence-corrected chi connectivity index (χ2v) is 19.0. The molecule has 0 saturated heterocycles. The lowest BCUT2D eigenvalue weighted by Gasteiger charge is -2.61. The van der Waals surface area contributed by atoms with E-state index in [2.05, 4.69) is 183 Å². The van der Waals surface area contributed by atoms with Crippen LogP contribution in [0, 0.1) is 23.7 Å². The molecule has 0 radical (unpaired) electrons. The molecule has 4 fully saturated rings. The van der Waals surface area contributed by atoms with E-state index in [-0.39, 0.29) is 10.8 Å². The molecule has 0 unspecified atom stereocenters. The molecule has 1 nitrogen and oxygen atoms in total. The van der Waals surface area contributed by atoms with Crippen molar-refractivity contribution in [3.63, 3.8) is 0 Å². The molecule has 6 aliphatic carbocycles. The van der Waals surface area contributed by atoms with Crippen LogP contribution in [0.5, 0.6) is 0 Å². The molecule has 0 aliphatic heterocycles. The van der Waals surface area contributed by atoms with Gasteiger partial charge in [0.25, 0.3) is 0 Å². The Morgan fingerprint density at radius 3 is 1.76 bits per heavy atom. The highest BCUT2D eigenvalue weighted by Gasteiger charge is 2.61. The van der Waals surface area contributed by atoms with Gasteiger partial charge in [0.05, 0.1) is 0 Å². The van der Waals surface area contributed by atoms with Crippen LogP contribution in [0.25, 0.3) is 54.9 Å². The molecule has 1 spiro atoms. The molecule has 8 aromatic rings. The fraction of sp³-hybridized carbons (Fsp3) is 0.228. The first-order chi connectivity index (χ1) is 28.4. The first-order valence-corrected chi connectivity index (χ1v) is 21.8. The van der Waals surface area contributed by atoms with E-state index in [4.69, 9.17) is 0 Å². The van der Waals surface area contributed by atoms with Gasteiger partial charge in [0.15, 0.2) is 0 Å². The minimum Gasteiger partial charge on any atom is -0.310 e. The summed E-state index contributed by atoms with van der Waals surface area (Å²) in [6, 6.07) is 62.8. The number of hydrogen-bond donors (Lipinski definition) is 0. The van der Waals surface area contributed by atoms with Crippen molar-refractivity contribution < 1.29 is 0 Å². The zero-order valence-corrected chi connectivity index (χ0v) is 33.4. The summed E-state index contributed by atoms with van der Waals surface area (Å²) >= 11 is 0. The van der Waals surface area contributed by atoms with Crippen LogP contribution in [0.3, 0.4) is 0 Å². The Labute approximate surface area is 342 Å². The van der Waals surface area contributed by atoms with Crippen LogP contribution in [0.4, 0.5) is 17.1 Å². The van der Waals surface area contributed by atoms with E-state index in [0.717, 1.165) is 29.4 Å². The number of hydrogen-bond acceptors (Lipinski definition) is 1. The first-order valence-electron chi connectivity index (χ1n) is 21.8. The van der Waals surface area contributed by atoms with E-state index in [1.165, 1.54) is 110 Å². The first kappa shape index (κ1) is 33.1. The Kier molecular flexibility index (Phi) is 6.75. The summed E-state index contributed by atoms with van der Waals surface area (Å²) in [5, 5.41) is 5.11. The van der Waals surface area contributed by atoms with Gasteiger partial charge < -0.3 is 4.90 Å². The normalized spacial score (nSPS) is 23.9. The zero-order chi connectivity index (χ0) is 38.3. The van der Waals surface area contributed by atoms with Crippen molar-refractivity contribution in [3.05, 3.63) is 186 Å². The molecule has 4 bridgehead atoms. The maximum absolute atomic E-state index is 2.55. The van der Waals surface area contributed by atoms with Gasteiger partial charge in [-0.05, 0) is 175 Å². The SMILES string of the molecule is CC1(C)c2ccccc2-c2ccc(N(c3ccc(-c4ccc5c(c4)-c4ccccc4C54C5CC6CC(C5)CC4C6)cc3)c3ccc4c(ccc5ccccc54)c3)cc21. The monoisotopic (exact) mass is 745 g/mol. The van der Waals surface area contributed by atoms with E-state index in [1.807, 2.05) is 0 Å². The van der Waals surface area contributed by atoms with Gasteiger partial charge in [-0.2, -0.15) is 0 Å². The van der Waals surface area contributed by atoms with Crippen LogP contribution in [-0.2, 0) is 10.8 Å². The summed E-state index contributed by atoms with van der Waals surface area (Å²) < 4.78 is 0. The van der Waals surface area contributed by atoms with Crippen LogP contribution in [0.15, 0.2) is 164 Å². The Morgan fingerprint density at radius 1 is 0.397 bits per heavy atom. The summed E-state index contributed by atoms with van der Waals surface area (Å²) in [7, 11) is 0. The second kappa shape index (κ2) is 11.8. The largest absolute Gasteiger partial charge is 0.310 e. The van der Waals surface area contributed by atoms with E-state index >= 15 is 0 Å². The molecule has 8 aromatic carbocycles. The second-order valence-electron chi connectivity index (χ2n) is 19.0. The fourth-order valence-electron chi connectivity index (χ4n) is 13.6. The number of nitrogens with zero attached hydrogens (tertiary/aromatic N) is 1. The van der Waals surface area contributed by atoms with Gasteiger partial charge in [0, 0.05) is 27.9 Å². The van der Waals surface area contributed by atoms with Crippen molar-refractivity contribution >= 4 is 38.6 Å². The Hall–Kier alpha value is -5.92. The van der Waals surface area contributed by atoms with Crippen LogP contribution in [-0.4, -0.2) is 0 Å². The van der Waals surface area contributed by atoms with E-state index in [0.29, 0.717) is 0 Å². The summed E-state index contributed by atoms with van der Waals surface area (Å²) in [6.07, 6.45) is 7.17. The van der Waals surface area contributed by atoms with Crippen molar-refractivity contribution in [2.75, 3.05) is 4.90 Å². The van der Waals surface area contributed by atoms with Crippen LogP contribution >= 0.6 is 0 Å². The highest BCUT2D eigenvalue weighted by molar-refractivity contribution is 6.08. The van der Waals surface area contributed by atoms with Crippen molar-refractivity contribution in [2.45, 2.75) is 56.8 Å². The van der Waals surface area contributed by atoms with Crippen LogP contribution in [0.2, 0.25) is 0 Å². The Balaban J connectivity index is 0.924. The minimum absolute atomic E-state index is 0.0821. The van der Waals surface area contributed by atoms with Crippen molar-refractivity contribution in [1.82, 2.24) is 0 Å². The predicted octanol–water partition coefficient (Wildman–Crippen LogP) is 15.2. The van der Waals surface area contributed by atoms with Gasteiger partial charge >= 0.3 is 0 Å². The molecule has 0 amide bonds. The standard InChI is InChI=1S/C57H47N/c1-56(2)52-13-7-5-11-48(52)50-25-23-45(34-55(50)56)58(44-22-24-47-40(32-44)16-15-38-9-3-4-10-46(38)47)43-20-17-37(18-21-43)39-19-26-54-51(33-39)49-12-6-8-14-53(49)57(54)41-28-35-27-36(30-41)31-42(57)29-35/h3-26,32-36,41-42H,27-31H2,1-2H3. The van der Waals surface area contributed by atoms with Crippen molar-refractivity contribution in [1.29, 1.82) is 0 Å². The molecule has 58 heavy (non-hydrogen) atoms. The molecule has 0 atom stereocenters. The van der Waals surface area contributed by atoms with Crippen LogP contribution < -0.4 is 4.90 Å². The molecule has 0 heterocycles. The molecule has 14 rings (SSSR count). The lowest BCUT2D eigenvalue weighted by molar-refractivity contribution is -0.0399. The lowest BCUT2D eigenvalue weighted by Crippen LogP contribution is -2.55. The summed E-state index contributed by atoms with van der Waals surface area (Å²) in [5.41, 5.74) is 17.9. The average Bonchev–Trinajstić information content (AvgIpc) is 3.68. The number of benzene rings is 8. The molecule has 6 aliphatic rings. The van der Waals surface area contributed by atoms with E-state index in [1.54, 1.807) is 11.1 Å². The Morgan fingerprint density at radius 2 is 0.966 bits per heavy atom. The topological polar surface area (TPSA) is 3.24 Å². The predicted molar refractivity (Wildman–Crippen MR) is 242 cm³/mol. The molecule has 0 aromatic heterocycles. The highest BCUT2D eigenvalue weighted by Crippen LogP contribution is 2.69. The third kappa shape index (κ3) is 4.43. The van der Waals surface area contributed by atoms with Gasteiger partial charge in [0.2, 0.25) is 0 Å². The van der Waals surface area contributed by atoms with Gasteiger partial charge in [-0.25, -0.2) is 0 Å². The number of anilines is 3. The third-order valence-corrected chi connectivity index (χ3v) is 15.8. The quantitative estimate of drug-likeness (QED) is 0.162. The molecule has 4 saturated carbocycles. The maximum atomic E-state index is 2.55. The lowest BCUT2D eigenvalue weighted by atomic mass is 9.43. The van der Waals surface area contributed by atoms with E-state index in [9.17, 15) is 0 Å². The summed E-state index contributed by atoms with van der Waals surface area (Å²) in [4.78, 5) is 2.47. The van der Waals surface area contributed by atoms with Crippen molar-refractivity contribution in [3.8, 4) is 33.4 Å². The minimum atomic E-state index is -0.0821. The Bertz CT molecular complexity index is 2970. The van der Waals surface area contributed by atoms with Gasteiger partial charge in [-0.15, -0.1) is 0 Å². The molecular formula is C57H47N. The van der Waals surface area contributed by atoms with Gasteiger partial charge in [0.1, 0.15) is 0 Å². The maximum Gasteiger partial charge on any atom is 0.0468 e. The van der Waals surface area contributed by atoms with Crippen LogP contribution in [0.1, 0.15) is 68.2 Å². The number of rotatable bonds is 4. The van der Waals surface area contributed by atoms with Gasteiger partial charge in [-0.1, -0.05) is 135 Å². The van der Waals surface area contributed by atoms with E-state index < -0.39 is 0 Å². The highest BCUT2D eigenvalue weighted by atomic mass is 15.1. The summed E-state index contributed by atoms with van der Waals surface area (Å²) in [6.45, 7) is 4.75. The zero-order valence-electron chi connectivity index (χ0n) is 33.4. The average molecular weight is 746 g/mol. The smallest absolute Gasteiger partial charge is 0.0468 e. The van der Waals surface area contributed by atoms with Gasteiger partial charge in [-0.3, -0.25) is 0 Å². The number of fused-ring (bicyclic) bond motifs is 9. The molecule has 280 valence electrons. The molecule has 1 heteroatoms. The van der Waals surface area contributed by atoms with Crippen molar-refractivity contribution in [2.24, 2.45) is 23.7 Å². The summed E-state index contributed by atoms with van der Waals surface area (Å²) in [5.74, 6) is 3.48. The fourth-order valence-corrected chi connectivity index (χ4v) is 13.6. The molecular weight excluding hydrogens is 699 g/mol. The third-order valence-electron chi connectivity index (χ3n) is 15.8.